The summed E-state index contributed by atoms with van der Waals surface area (Å²) in [6, 6.07) is 0. The maximum Gasteiger partial charge on any atom is 0.306 e. The minimum Gasteiger partial charge on any atom is -0.481 e. The molecular weight excluding hydrogens is 146 g/mol. The molecule has 0 aromatic heterocycles. The topological polar surface area (TPSA) is 57.5 Å². The molecule has 0 aliphatic rings. The first kappa shape index (κ1) is 2.71. The molecule has 2 N–H and O–H groups in total. The minimum atomic E-state index is -3.60. The Hall–Kier alpha value is -0.610. The molecule has 0 aliphatic carbocycles. The molecule has 0 saturated carbocycles. The van der Waals surface area contributed by atoms with Crippen molar-refractivity contribution in [2.24, 2.45) is 0 Å². The molecule has 11 heavy (non-hydrogen) atoms. The second-order valence-corrected chi connectivity index (χ2v) is 2.14. The zero-order valence-corrected chi connectivity index (χ0v) is 5.96. The van der Waals surface area contributed by atoms with E-state index in [0.29, 0.717) is 7.05 Å². The van der Waals surface area contributed by atoms with Crippen molar-refractivity contribution < 1.29 is 31.8 Å². The Morgan fingerprint density at radius 3 is 2.82 bits per heavy atom. The first-order chi connectivity index (χ1) is 8.42. The number of carboxylic acid groups (broad SMARTS) is 1. The first-order valence-electron chi connectivity index (χ1n) is 7.23. The van der Waals surface area contributed by atoms with Crippen LogP contribution in [0.2, 0.25) is 0 Å². The van der Waals surface area contributed by atoms with Crippen LogP contribution >= 0.6 is 0 Å². The van der Waals surface area contributed by atoms with Crippen LogP contribution in [0.5, 0.6) is 0 Å². The maximum absolute atomic E-state index is 10.6. The van der Waals surface area contributed by atoms with Crippen molar-refractivity contribution in [1.82, 2.24) is 0 Å². The normalized spacial score (nSPS) is 33.1. The number of nitrogens with zero attached hydrogens (tertiary/aromatic N) is 1. The largest absolute Gasteiger partial charge is 0.481 e. The third-order valence-electron chi connectivity index (χ3n) is 0.671. The number of likely N-dealkylation sites (N-methyl/N-ethyl adjacent to an activating group) is 1. The quantitative estimate of drug-likeness (QED) is 0.562. The fraction of sp³-hybridized carbons (Fsp3) is 0.857. The standard InChI is InChI=1S/C7H15NO3/c1-8(2,3)5-6(9)4-7(10)11/h6,9H,4-5H2,1-3H3/p+1/i1D3,2D3,5D2,6D. The van der Waals surface area contributed by atoms with Crippen LogP contribution < -0.4 is 0 Å². The first-order valence-corrected chi connectivity index (χ1v) is 2.73. The second-order valence-electron chi connectivity index (χ2n) is 2.14. The van der Waals surface area contributed by atoms with Crippen molar-refractivity contribution in [3.63, 3.8) is 0 Å². The molecule has 0 amide bonds. The van der Waals surface area contributed by atoms with E-state index >= 15 is 0 Å². The average molecular weight is 171 g/mol. The molecule has 0 aromatic carbocycles. The number of carbonyl (C=O) groups is 1. The van der Waals surface area contributed by atoms with Crippen LogP contribution in [-0.4, -0.2) is 54.2 Å². The smallest absolute Gasteiger partial charge is 0.306 e. The van der Waals surface area contributed by atoms with E-state index in [1.807, 2.05) is 0 Å². The van der Waals surface area contributed by atoms with E-state index in [0.717, 1.165) is 0 Å². The third kappa shape index (κ3) is 7.29. The van der Waals surface area contributed by atoms with Crippen molar-refractivity contribution in [3.05, 3.63) is 0 Å². The van der Waals surface area contributed by atoms with E-state index in [2.05, 4.69) is 0 Å². The van der Waals surface area contributed by atoms with Gasteiger partial charge >= 0.3 is 5.97 Å². The highest BCUT2D eigenvalue weighted by Gasteiger charge is 2.17. The van der Waals surface area contributed by atoms with Gasteiger partial charge in [-0.2, -0.15) is 0 Å². The Bertz CT molecular complexity index is 372. The summed E-state index contributed by atoms with van der Waals surface area (Å²) < 4.78 is 63.6. The Labute approximate surface area is 79.3 Å². The van der Waals surface area contributed by atoms with Crippen molar-refractivity contribution in [3.8, 4) is 0 Å². The predicted octanol–water partition coefficient (Wildman–Crippen LogP) is -0.472. The lowest BCUT2D eigenvalue weighted by atomic mass is 10.2. The van der Waals surface area contributed by atoms with Crippen LogP contribution in [0.3, 0.4) is 0 Å². The molecule has 66 valence electrons. The molecule has 4 nitrogen and oxygen atoms in total. The van der Waals surface area contributed by atoms with Gasteiger partial charge < -0.3 is 14.7 Å². The van der Waals surface area contributed by atoms with E-state index < -0.39 is 43.4 Å². The number of quaternary nitrogens is 1. The second kappa shape index (κ2) is 3.69. The number of carboxylic acids is 1. The van der Waals surface area contributed by atoms with E-state index in [-0.39, 0.29) is 0 Å². The number of aliphatic hydroxyl groups is 1. The SMILES string of the molecule is [2H]C(O)(CC(=O)O)C([2H])([2H])[N+](C)(C([2H])([2H])[2H])C([2H])([2H])[2H]. The molecule has 0 aliphatic heterocycles. The molecule has 4 heteroatoms. The van der Waals surface area contributed by atoms with Gasteiger partial charge in [-0.3, -0.25) is 4.79 Å². The van der Waals surface area contributed by atoms with E-state index in [4.69, 9.17) is 17.4 Å². The molecule has 0 rings (SSSR count). The van der Waals surface area contributed by atoms with Crippen molar-refractivity contribution >= 4 is 5.97 Å². The molecule has 0 saturated heterocycles. The highest BCUT2D eigenvalue weighted by atomic mass is 16.4. The Balaban J connectivity index is 6.14. The van der Waals surface area contributed by atoms with E-state index in [1.165, 1.54) is 0 Å². The van der Waals surface area contributed by atoms with Gasteiger partial charge in [0.2, 0.25) is 0 Å². The number of hydrogen-bond donors (Lipinski definition) is 2. The van der Waals surface area contributed by atoms with E-state index in [9.17, 15) is 9.90 Å². The van der Waals surface area contributed by atoms with E-state index in [1.54, 1.807) is 0 Å². The van der Waals surface area contributed by atoms with Crippen molar-refractivity contribution in [1.29, 1.82) is 0 Å². The molecule has 0 fully saturated rings. The van der Waals surface area contributed by atoms with Gasteiger partial charge in [-0.1, -0.05) is 0 Å². The van der Waals surface area contributed by atoms with Gasteiger partial charge in [0.25, 0.3) is 0 Å². The summed E-state index contributed by atoms with van der Waals surface area (Å²) in [5, 5.41) is 18.2. The third-order valence-corrected chi connectivity index (χ3v) is 0.671. The zero-order valence-electron chi connectivity index (χ0n) is 15.0. The fourth-order valence-electron chi connectivity index (χ4n) is 0.441. The Morgan fingerprint density at radius 1 is 1.91 bits per heavy atom. The summed E-state index contributed by atoms with van der Waals surface area (Å²) in [6.45, 7) is -10.5. The summed E-state index contributed by atoms with van der Waals surface area (Å²) in [7, 11) is 0.487. The van der Waals surface area contributed by atoms with Crippen molar-refractivity contribution in [2.75, 3.05) is 27.5 Å². The number of hydrogen-bond acceptors (Lipinski definition) is 2. The lowest BCUT2D eigenvalue weighted by molar-refractivity contribution is -0.873. The van der Waals surface area contributed by atoms with Gasteiger partial charge in [0.1, 0.15) is 12.6 Å². The highest BCUT2D eigenvalue weighted by Crippen LogP contribution is 1.98. The summed E-state index contributed by atoms with van der Waals surface area (Å²) >= 11 is 0. The van der Waals surface area contributed by atoms with Crippen LogP contribution in [0, 0.1) is 0 Å². The highest BCUT2D eigenvalue weighted by molar-refractivity contribution is 5.67. The fourth-order valence-corrected chi connectivity index (χ4v) is 0.441. The predicted molar refractivity (Wildman–Crippen MR) is 41.2 cm³/mol. The van der Waals surface area contributed by atoms with Crippen LogP contribution in [0.1, 0.15) is 18.8 Å². The lowest BCUT2D eigenvalue weighted by Crippen LogP contribution is -2.42. The van der Waals surface area contributed by atoms with Crippen LogP contribution in [0.15, 0.2) is 0 Å². The van der Waals surface area contributed by atoms with Crippen LogP contribution in [0.25, 0.3) is 0 Å². The molecule has 0 bridgehead atoms. The summed E-state index contributed by atoms with van der Waals surface area (Å²) in [4.78, 5) is 10.6. The number of aliphatic carboxylic acids is 1. The van der Waals surface area contributed by atoms with Gasteiger partial charge in [-0.05, 0) is 0 Å². The average Bonchev–Trinajstić information content (AvgIpc) is 2.09. The molecule has 1 unspecified atom stereocenters. The molecule has 0 aromatic rings. The minimum absolute atomic E-state index is 0.487. The van der Waals surface area contributed by atoms with Gasteiger partial charge in [0, 0.05) is 0 Å². The van der Waals surface area contributed by atoms with Gasteiger partial charge in [-0.15, -0.1) is 0 Å². The molecule has 0 spiro atoms. The Kier molecular flexibility index (Phi) is 0.908. The molecule has 0 radical (unpaired) electrons. The molecule has 1 atom stereocenters. The Morgan fingerprint density at radius 2 is 2.45 bits per heavy atom. The summed E-state index contributed by atoms with van der Waals surface area (Å²) in [5.74, 6) is -1.77. The van der Waals surface area contributed by atoms with Gasteiger partial charge in [0.05, 0.1) is 39.8 Å². The molecule has 0 heterocycles. The van der Waals surface area contributed by atoms with Crippen LogP contribution in [0.4, 0.5) is 0 Å². The summed E-state index contributed by atoms with van der Waals surface area (Å²) in [6.07, 6.45) is -4.92. The maximum atomic E-state index is 10.6. The van der Waals surface area contributed by atoms with Gasteiger partial charge in [0.15, 0.2) is 0 Å². The van der Waals surface area contributed by atoms with Crippen molar-refractivity contribution in [2.45, 2.75) is 12.5 Å². The monoisotopic (exact) mass is 171 g/mol. The molecular formula is C7H16NO3+. The van der Waals surface area contributed by atoms with Crippen LogP contribution in [-0.2, 0) is 4.79 Å². The lowest BCUT2D eigenvalue weighted by Gasteiger charge is -2.25. The number of rotatable bonds is 4. The zero-order chi connectivity index (χ0) is 16.8. The van der Waals surface area contributed by atoms with Gasteiger partial charge in [-0.25, -0.2) is 0 Å². The summed E-state index contributed by atoms with van der Waals surface area (Å²) in [5.41, 5.74) is 0.